The van der Waals surface area contributed by atoms with Gasteiger partial charge in [-0.15, -0.1) is 0 Å². The van der Waals surface area contributed by atoms with E-state index in [0.29, 0.717) is 8.95 Å². The number of hydrogen-bond donors (Lipinski definition) is 0. The Balaban J connectivity index is 2.68. The van der Waals surface area contributed by atoms with Gasteiger partial charge in [0.05, 0.1) is 13.2 Å². The molecule has 0 spiro atoms. The first kappa shape index (κ1) is 27.5. The van der Waals surface area contributed by atoms with Gasteiger partial charge in [-0.3, -0.25) is 8.37 Å². The van der Waals surface area contributed by atoms with Crippen LogP contribution < -0.4 is 0 Å². The minimum absolute atomic E-state index is 0.0263. The van der Waals surface area contributed by atoms with Crippen LogP contribution in [0, 0.1) is 10.8 Å². The van der Waals surface area contributed by atoms with Crippen molar-refractivity contribution in [3.8, 4) is 11.1 Å². The second kappa shape index (κ2) is 9.84. The van der Waals surface area contributed by atoms with Crippen LogP contribution in [0.15, 0.2) is 55.1 Å². The molecule has 178 valence electrons. The molecule has 2 aromatic carbocycles. The molecule has 0 aliphatic heterocycles. The highest BCUT2D eigenvalue weighted by atomic mass is 79.9. The second-order valence-corrected chi connectivity index (χ2v) is 14.8. The van der Waals surface area contributed by atoms with Crippen LogP contribution in [0.4, 0.5) is 0 Å². The number of hydrogen-bond acceptors (Lipinski definition) is 6. The molecule has 0 saturated heterocycles. The number of halogens is 2. The highest BCUT2D eigenvalue weighted by Gasteiger charge is 2.29. The van der Waals surface area contributed by atoms with E-state index < -0.39 is 20.2 Å². The van der Waals surface area contributed by atoms with E-state index in [1.54, 1.807) is 24.3 Å². The smallest absolute Gasteiger partial charge is 0.266 e. The van der Waals surface area contributed by atoms with Gasteiger partial charge in [-0.25, -0.2) is 0 Å². The molecule has 0 aliphatic carbocycles. The lowest BCUT2D eigenvalue weighted by molar-refractivity contribution is 0.203. The summed E-state index contributed by atoms with van der Waals surface area (Å²) in [7, 11) is -8.36. The Morgan fingerprint density at radius 3 is 1.25 bits per heavy atom. The highest BCUT2D eigenvalue weighted by Crippen LogP contribution is 2.37. The third kappa shape index (κ3) is 7.63. The minimum Gasteiger partial charge on any atom is -0.266 e. The summed E-state index contributed by atoms with van der Waals surface area (Å²) >= 11 is 6.60. The Hall–Kier alpha value is -0.780. The summed E-state index contributed by atoms with van der Waals surface area (Å²) in [6.07, 6.45) is 0. The van der Waals surface area contributed by atoms with E-state index in [9.17, 15) is 16.8 Å². The average molecular weight is 612 g/mol. The van der Waals surface area contributed by atoms with Gasteiger partial charge in [0.15, 0.2) is 0 Å². The molecule has 0 aromatic heterocycles. The van der Waals surface area contributed by atoms with Crippen molar-refractivity contribution in [1.82, 2.24) is 0 Å². The molecule has 0 N–H and O–H groups in total. The van der Waals surface area contributed by atoms with Crippen molar-refractivity contribution in [2.24, 2.45) is 10.8 Å². The van der Waals surface area contributed by atoms with Crippen LogP contribution in [0.1, 0.15) is 41.5 Å². The maximum atomic E-state index is 13.1. The van der Waals surface area contributed by atoms with Crippen LogP contribution >= 0.6 is 31.9 Å². The van der Waals surface area contributed by atoms with Gasteiger partial charge >= 0.3 is 0 Å². The summed E-state index contributed by atoms with van der Waals surface area (Å²) in [6.45, 7) is 11.1. The zero-order valence-electron chi connectivity index (χ0n) is 18.9. The van der Waals surface area contributed by atoms with Crippen LogP contribution in [0.25, 0.3) is 11.1 Å². The molecule has 6 nitrogen and oxygen atoms in total. The van der Waals surface area contributed by atoms with Crippen molar-refractivity contribution >= 4 is 52.1 Å². The first-order chi connectivity index (χ1) is 14.4. The summed E-state index contributed by atoms with van der Waals surface area (Å²) in [6, 6.07) is 9.19. The lowest BCUT2D eigenvalue weighted by Gasteiger charge is -2.20. The van der Waals surface area contributed by atoms with Crippen LogP contribution in [-0.4, -0.2) is 30.0 Å². The number of rotatable bonds is 7. The fourth-order valence-electron chi connectivity index (χ4n) is 2.49. The van der Waals surface area contributed by atoms with E-state index in [2.05, 4.69) is 31.9 Å². The lowest BCUT2D eigenvalue weighted by Crippen LogP contribution is -2.20. The summed E-state index contributed by atoms with van der Waals surface area (Å²) in [5.74, 6) is 0. The monoisotopic (exact) mass is 610 g/mol. The Bertz CT molecular complexity index is 1100. The predicted molar refractivity (Wildman–Crippen MR) is 132 cm³/mol. The Labute approximate surface area is 208 Å². The third-order valence-corrected chi connectivity index (χ3v) is 7.61. The SMILES string of the molecule is CC(C)(C)COS(=O)(=O)c1cc(Br)ccc1-c1ccc(Br)cc1S(=O)(=O)OCC(C)(C)C. The molecule has 0 bridgehead atoms. The van der Waals surface area contributed by atoms with Crippen molar-refractivity contribution in [1.29, 1.82) is 0 Å². The molecular formula is C22H28Br2O6S2. The summed E-state index contributed by atoms with van der Waals surface area (Å²) in [5.41, 5.74) is -0.363. The van der Waals surface area contributed by atoms with Crippen LogP contribution in [-0.2, 0) is 28.6 Å². The minimum atomic E-state index is -4.18. The first-order valence-electron chi connectivity index (χ1n) is 9.80. The van der Waals surface area contributed by atoms with E-state index in [0.717, 1.165) is 0 Å². The summed E-state index contributed by atoms with van der Waals surface area (Å²) in [5, 5.41) is 0. The predicted octanol–water partition coefficient (Wildman–Crippen LogP) is 6.38. The van der Waals surface area contributed by atoms with Crippen molar-refractivity contribution in [2.45, 2.75) is 51.3 Å². The van der Waals surface area contributed by atoms with Crippen molar-refractivity contribution < 1.29 is 25.2 Å². The van der Waals surface area contributed by atoms with E-state index >= 15 is 0 Å². The average Bonchev–Trinajstić information content (AvgIpc) is 2.64. The van der Waals surface area contributed by atoms with Crippen LogP contribution in [0.3, 0.4) is 0 Å². The van der Waals surface area contributed by atoms with Gasteiger partial charge in [0, 0.05) is 20.1 Å². The normalized spacial score (nSPS) is 13.4. The number of benzene rings is 2. The Kier molecular flexibility index (Phi) is 8.44. The van der Waals surface area contributed by atoms with E-state index in [1.165, 1.54) is 12.1 Å². The van der Waals surface area contributed by atoms with Crippen molar-refractivity contribution in [2.75, 3.05) is 13.2 Å². The van der Waals surface area contributed by atoms with Crippen LogP contribution in [0.5, 0.6) is 0 Å². The van der Waals surface area contributed by atoms with Gasteiger partial charge in [0.25, 0.3) is 20.2 Å². The molecule has 0 fully saturated rings. The summed E-state index contributed by atoms with van der Waals surface area (Å²) in [4.78, 5) is -0.267. The second-order valence-electron chi connectivity index (χ2n) is 9.83. The molecule has 0 unspecified atom stereocenters. The molecule has 0 aliphatic rings. The maximum absolute atomic E-state index is 13.1. The zero-order chi connectivity index (χ0) is 24.5. The third-order valence-electron chi connectivity index (χ3n) is 4.01. The molecule has 32 heavy (non-hydrogen) atoms. The summed E-state index contributed by atoms with van der Waals surface area (Å²) < 4.78 is 63.9. The first-order valence-corrected chi connectivity index (χ1v) is 14.2. The Morgan fingerprint density at radius 1 is 0.656 bits per heavy atom. The molecule has 0 saturated carbocycles. The maximum Gasteiger partial charge on any atom is 0.297 e. The molecular weight excluding hydrogens is 584 g/mol. The molecule has 0 atom stereocenters. The van der Waals surface area contributed by atoms with E-state index in [-0.39, 0.29) is 45.0 Å². The molecule has 2 aromatic rings. The van der Waals surface area contributed by atoms with Gasteiger partial charge in [-0.1, -0.05) is 85.5 Å². The van der Waals surface area contributed by atoms with E-state index in [1.807, 2.05) is 41.5 Å². The van der Waals surface area contributed by atoms with Gasteiger partial charge in [-0.2, -0.15) is 16.8 Å². The molecule has 0 radical (unpaired) electrons. The van der Waals surface area contributed by atoms with Gasteiger partial charge in [-0.05, 0) is 35.1 Å². The highest BCUT2D eigenvalue weighted by molar-refractivity contribution is 9.10. The zero-order valence-corrected chi connectivity index (χ0v) is 23.7. The van der Waals surface area contributed by atoms with Gasteiger partial charge < -0.3 is 0 Å². The molecule has 0 heterocycles. The topological polar surface area (TPSA) is 86.7 Å². The molecule has 10 heteroatoms. The quantitative estimate of drug-likeness (QED) is 0.338. The molecule has 0 amide bonds. The Morgan fingerprint density at radius 2 is 0.969 bits per heavy atom. The van der Waals surface area contributed by atoms with Gasteiger partial charge in [0.1, 0.15) is 9.79 Å². The van der Waals surface area contributed by atoms with Crippen molar-refractivity contribution in [3.05, 3.63) is 45.3 Å². The van der Waals surface area contributed by atoms with Crippen molar-refractivity contribution in [3.63, 3.8) is 0 Å². The fourth-order valence-corrected chi connectivity index (χ4v) is 6.22. The largest absolute Gasteiger partial charge is 0.297 e. The van der Waals surface area contributed by atoms with Crippen LogP contribution in [0.2, 0.25) is 0 Å². The fraction of sp³-hybridized carbons (Fsp3) is 0.455. The lowest BCUT2D eigenvalue weighted by atomic mass is 9.99. The van der Waals surface area contributed by atoms with Gasteiger partial charge in [0.2, 0.25) is 0 Å². The standard InChI is InChI=1S/C22H28Br2O6S2/c1-21(2,3)13-29-31(25,26)19-11-15(23)7-9-17(19)18-10-8-16(24)12-20(18)32(27,28)30-14-22(4,5)6/h7-12H,13-14H2,1-6H3. The van der Waals surface area contributed by atoms with E-state index in [4.69, 9.17) is 8.37 Å². The molecule has 2 rings (SSSR count).